The van der Waals surface area contributed by atoms with Crippen molar-refractivity contribution < 1.29 is 14.3 Å². The van der Waals surface area contributed by atoms with Crippen LogP contribution in [0.4, 0.5) is 10.5 Å². The van der Waals surface area contributed by atoms with Crippen molar-refractivity contribution in [1.29, 1.82) is 0 Å². The van der Waals surface area contributed by atoms with Crippen molar-refractivity contribution in [3.05, 3.63) is 21.6 Å². The lowest BCUT2D eigenvalue weighted by atomic mass is 10.2. The lowest BCUT2D eigenvalue weighted by Crippen LogP contribution is -2.40. The minimum atomic E-state index is -0.577. The second kappa shape index (κ2) is 6.57. The Hall–Kier alpha value is -2.09. The topological polar surface area (TPSA) is 104 Å². The highest BCUT2D eigenvalue weighted by atomic mass is 35.5. The number of nitrogens with zero attached hydrogens (tertiary/aromatic N) is 2. The number of hydrogen-bond acceptors (Lipinski definition) is 6. The third-order valence-corrected chi connectivity index (χ3v) is 4.50. The van der Waals surface area contributed by atoms with Crippen LogP contribution in [0.2, 0.25) is 5.02 Å². The Labute approximate surface area is 137 Å². The van der Waals surface area contributed by atoms with Crippen molar-refractivity contribution >= 4 is 29.2 Å². The number of Topliss-reactive ketones (excluding diaryl/α,β-unsaturated/α-hetero) is 1. The maximum absolute atomic E-state index is 11.9. The number of amides is 1. The van der Waals surface area contributed by atoms with Crippen molar-refractivity contribution in [1.82, 2.24) is 15.5 Å². The molecule has 124 valence electrons. The highest BCUT2D eigenvalue weighted by Gasteiger charge is 2.30. The van der Waals surface area contributed by atoms with Crippen LogP contribution in [-0.4, -0.2) is 47.3 Å². The van der Waals surface area contributed by atoms with Crippen molar-refractivity contribution in [2.24, 2.45) is 0 Å². The molecule has 0 radical (unpaired) electrons. The van der Waals surface area contributed by atoms with E-state index in [1.807, 2.05) is 4.90 Å². The number of halogens is 1. The van der Waals surface area contributed by atoms with Gasteiger partial charge < -0.3 is 15.0 Å². The van der Waals surface area contributed by atoms with Crippen LogP contribution < -0.4 is 15.8 Å². The van der Waals surface area contributed by atoms with E-state index in [4.69, 9.17) is 16.3 Å². The van der Waals surface area contributed by atoms with E-state index in [0.29, 0.717) is 38.0 Å². The van der Waals surface area contributed by atoms with Gasteiger partial charge in [0.25, 0.3) is 5.56 Å². The molecule has 2 heterocycles. The lowest BCUT2D eigenvalue weighted by Gasteiger charge is -2.19. The predicted octanol–water partition coefficient (Wildman–Crippen LogP) is 0.850. The van der Waals surface area contributed by atoms with Gasteiger partial charge in [-0.3, -0.25) is 9.59 Å². The van der Waals surface area contributed by atoms with Crippen LogP contribution in [0.25, 0.3) is 0 Å². The van der Waals surface area contributed by atoms with Crippen LogP contribution in [0.3, 0.4) is 0 Å². The van der Waals surface area contributed by atoms with Gasteiger partial charge in [0, 0.05) is 19.4 Å². The molecule has 0 aromatic carbocycles. The van der Waals surface area contributed by atoms with Gasteiger partial charge in [-0.15, -0.1) is 0 Å². The average Bonchev–Trinajstić information content (AvgIpc) is 3.12. The molecule has 23 heavy (non-hydrogen) atoms. The van der Waals surface area contributed by atoms with Crippen LogP contribution in [0, 0.1) is 0 Å². The first-order valence-corrected chi connectivity index (χ1v) is 7.90. The van der Waals surface area contributed by atoms with Crippen molar-refractivity contribution in [2.45, 2.75) is 37.8 Å². The van der Waals surface area contributed by atoms with Crippen LogP contribution in [0.15, 0.2) is 11.0 Å². The second-order valence-electron chi connectivity index (χ2n) is 5.72. The van der Waals surface area contributed by atoms with Gasteiger partial charge in [0.1, 0.15) is 11.1 Å². The Morgan fingerprint density at radius 2 is 2.26 bits per heavy atom. The summed E-state index contributed by atoms with van der Waals surface area (Å²) in [5, 5.41) is 8.67. The number of rotatable bonds is 3. The monoisotopic (exact) mass is 340 g/mol. The predicted molar refractivity (Wildman–Crippen MR) is 82.7 cm³/mol. The van der Waals surface area contributed by atoms with Gasteiger partial charge in [-0.2, -0.15) is 5.10 Å². The number of hydrogen-bond donors (Lipinski definition) is 2. The number of anilines is 1. The van der Waals surface area contributed by atoms with E-state index < -0.39 is 17.7 Å². The Balaban J connectivity index is 1.55. The fourth-order valence-corrected chi connectivity index (χ4v) is 3.14. The molecule has 0 bridgehead atoms. The normalized spacial score (nSPS) is 24.0. The summed E-state index contributed by atoms with van der Waals surface area (Å²) in [5.41, 5.74) is 0.0684. The van der Waals surface area contributed by atoms with E-state index in [2.05, 4.69) is 15.5 Å². The number of aromatic amines is 1. The summed E-state index contributed by atoms with van der Waals surface area (Å²) in [7, 11) is 0. The Morgan fingerprint density at radius 1 is 1.43 bits per heavy atom. The maximum Gasteiger partial charge on any atom is 0.408 e. The summed E-state index contributed by atoms with van der Waals surface area (Å²) in [4.78, 5) is 36.7. The first-order chi connectivity index (χ1) is 11.0. The average molecular weight is 341 g/mol. The van der Waals surface area contributed by atoms with E-state index in [1.165, 1.54) is 6.20 Å². The van der Waals surface area contributed by atoms with Crippen molar-refractivity contribution in [3.63, 3.8) is 0 Å². The van der Waals surface area contributed by atoms with Gasteiger partial charge in [-0.1, -0.05) is 11.6 Å². The number of ketones is 1. The van der Waals surface area contributed by atoms with Gasteiger partial charge in [-0.25, -0.2) is 9.89 Å². The fraction of sp³-hybridized carbons (Fsp3) is 0.571. The molecule has 1 saturated heterocycles. The molecule has 1 aromatic heterocycles. The summed E-state index contributed by atoms with van der Waals surface area (Å²) in [6.07, 6.45) is 3.18. The molecular formula is C14H17ClN4O4. The molecule has 9 heteroatoms. The molecular weight excluding hydrogens is 324 g/mol. The number of H-pyrrole nitrogens is 1. The largest absolute Gasteiger partial charge is 0.444 e. The number of aromatic nitrogens is 2. The zero-order chi connectivity index (χ0) is 16.4. The first-order valence-electron chi connectivity index (χ1n) is 7.52. The number of carbonyl (C=O) groups is 2. The molecule has 1 amide bonds. The summed E-state index contributed by atoms with van der Waals surface area (Å²) < 4.78 is 5.35. The first kappa shape index (κ1) is 15.8. The van der Waals surface area contributed by atoms with Crippen LogP contribution in [0.1, 0.15) is 25.7 Å². The van der Waals surface area contributed by atoms with Crippen LogP contribution in [-0.2, 0) is 9.53 Å². The maximum atomic E-state index is 11.9. The molecule has 1 aromatic rings. The number of alkyl carbamates (subject to hydrolysis) is 1. The molecule has 1 saturated carbocycles. The van der Waals surface area contributed by atoms with E-state index in [9.17, 15) is 14.4 Å². The molecule has 3 rings (SSSR count). The molecule has 1 unspecified atom stereocenters. The van der Waals surface area contributed by atoms with E-state index >= 15 is 0 Å². The Kier molecular flexibility index (Phi) is 4.51. The third kappa shape index (κ3) is 3.47. The summed E-state index contributed by atoms with van der Waals surface area (Å²) in [5.74, 6) is 0.0522. The Bertz CT molecular complexity index is 677. The van der Waals surface area contributed by atoms with Gasteiger partial charge in [0.05, 0.1) is 24.5 Å². The standard InChI is InChI=1S/C14H17ClN4O4/c15-12-10(6-16-18-13(12)21)19-5-4-8(7-19)23-14(22)17-9-2-1-3-11(9)20/h6,8-9H,1-5,7H2,(H,17,22)(H,18,21)/t8-,9?/m1/s1. The van der Waals surface area contributed by atoms with E-state index in [0.717, 1.165) is 6.42 Å². The molecule has 0 spiro atoms. The van der Waals surface area contributed by atoms with Crippen LogP contribution in [0.5, 0.6) is 0 Å². The molecule has 1 aliphatic carbocycles. The zero-order valence-electron chi connectivity index (χ0n) is 12.4. The van der Waals surface area contributed by atoms with Gasteiger partial charge in [0.2, 0.25) is 0 Å². The minimum Gasteiger partial charge on any atom is -0.444 e. The fourth-order valence-electron chi connectivity index (χ4n) is 2.93. The molecule has 2 fully saturated rings. The minimum absolute atomic E-state index is 0.0522. The van der Waals surface area contributed by atoms with Gasteiger partial charge in [-0.05, 0) is 12.8 Å². The number of ether oxygens (including phenoxy) is 1. The number of nitrogens with one attached hydrogen (secondary N) is 2. The molecule has 8 nitrogen and oxygen atoms in total. The molecule has 2 aliphatic rings. The van der Waals surface area contributed by atoms with E-state index in [1.54, 1.807) is 0 Å². The van der Waals surface area contributed by atoms with Crippen molar-refractivity contribution in [2.75, 3.05) is 18.0 Å². The molecule has 2 atom stereocenters. The van der Waals surface area contributed by atoms with Crippen LogP contribution >= 0.6 is 11.6 Å². The van der Waals surface area contributed by atoms with E-state index in [-0.39, 0.29) is 16.9 Å². The SMILES string of the molecule is O=C(NC1CCCC1=O)O[C@@H]1CCN(c2cn[nH]c(=O)c2Cl)C1. The highest BCUT2D eigenvalue weighted by molar-refractivity contribution is 6.33. The molecule has 2 N–H and O–H groups in total. The number of carbonyl (C=O) groups excluding carboxylic acids is 2. The zero-order valence-corrected chi connectivity index (χ0v) is 13.1. The van der Waals surface area contributed by atoms with Crippen molar-refractivity contribution in [3.8, 4) is 0 Å². The highest BCUT2D eigenvalue weighted by Crippen LogP contribution is 2.25. The van der Waals surface area contributed by atoms with Gasteiger partial charge >= 0.3 is 6.09 Å². The lowest BCUT2D eigenvalue weighted by molar-refractivity contribution is -0.119. The van der Waals surface area contributed by atoms with Gasteiger partial charge in [0.15, 0.2) is 5.78 Å². The third-order valence-electron chi connectivity index (χ3n) is 4.13. The summed E-state index contributed by atoms with van der Waals surface area (Å²) >= 11 is 5.97. The second-order valence-corrected chi connectivity index (χ2v) is 6.09. The Morgan fingerprint density at radius 3 is 3.00 bits per heavy atom. The molecule has 1 aliphatic heterocycles. The summed E-state index contributed by atoms with van der Waals surface area (Å²) in [6.45, 7) is 1.03. The smallest absolute Gasteiger partial charge is 0.408 e. The summed E-state index contributed by atoms with van der Waals surface area (Å²) in [6, 6.07) is -0.425. The quantitative estimate of drug-likeness (QED) is 0.845.